The molecule has 4 nitrogen and oxygen atoms in total. The fraction of sp³-hybridized carbons (Fsp3) is 0.500. The molecular formula is C6H11ClN2O2. The zero-order valence-electron chi connectivity index (χ0n) is 5.96. The molecule has 0 atom stereocenters. The Morgan fingerprint density at radius 1 is 1.73 bits per heavy atom. The van der Waals surface area contributed by atoms with Crippen molar-refractivity contribution in [2.24, 2.45) is 0 Å². The van der Waals surface area contributed by atoms with Crippen molar-refractivity contribution in [1.82, 2.24) is 10.8 Å². The van der Waals surface area contributed by atoms with Crippen molar-refractivity contribution in [2.75, 3.05) is 13.1 Å². The molecule has 0 aromatic carbocycles. The van der Waals surface area contributed by atoms with E-state index >= 15 is 0 Å². The van der Waals surface area contributed by atoms with E-state index in [1.807, 2.05) is 0 Å². The molecule has 0 aromatic rings. The van der Waals surface area contributed by atoms with Crippen LogP contribution >= 0.6 is 12.4 Å². The van der Waals surface area contributed by atoms with Crippen LogP contribution in [0.25, 0.3) is 0 Å². The summed E-state index contributed by atoms with van der Waals surface area (Å²) < 4.78 is 0. The highest BCUT2D eigenvalue weighted by Gasteiger charge is 2.09. The van der Waals surface area contributed by atoms with Crippen molar-refractivity contribution in [3.05, 3.63) is 11.6 Å². The first-order chi connectivity index (χ1) is 4.84. The Morgan fingerprint density at radius 2 is 2.45 bits per heavy atom. The molecule has 0 unspecified atom stereocenters. The lowest BCUT2D eigenvalue weighted by Crippen LogP contribution is -2.28. The number of amides is 1. The van der Waals surface area contributed by atoms with Gasteiger partial charge in [-0.15, -0.1) is 12.4 Å². The molecular weight excluding hydrogens is 168 g/mol. The van der Waals surface area contributed by atoms with Crippen molar-refractivity contribution in [2.45, 2.75) is 6.42 Å². The number of carbonyl (C=O) groups excluding carboxylic acids is 1. The Hall–Kier alpha value is -0.580. The van der Waals surface area contributed by atoms with E-state index in [4.69, 9.17) is 5.21 Å². The van der Waals surface area contributed by atoms with Gasteiger partial charge in [-0.05, 0) is 13.0 Å². The maximum absolute atomic E-state index is 10.7. The predicted octanol–water partition coefficient (Wildman–Crippen LogP) is -0.167. The zero-order valence-corrected chi connectivity index (χ0v) is 6.78. The van der Waals surface area contributed by atoms with Gasteiger partial charge in [0.25, 0.3) is 5.91 Å². The summed E-state index contributed by atoms with van der Waals surface area (Å²) in [5.74, 6) is -0.387. The third kappa shape index (κ3) is 2.88. The van der Waals surface area contributed by atoms with Crippen LogP contribution < -0.4 is 10.8 Å². The fourth-order valence-electron chi connectivity index (χ4n) is 0.901. The van der Waals surface area contributed by atoms with E-state index in [1.165, 1.54) is 0 Å². The molecule has 1 aliphatic heterocycles. The molecule has 1 rings (SSSR count). The summed E-state index contributed by atoms with van der Waals surface area (Å²) in [6.45, 7) is 1.52. The Kier molecular flexibility index (Phi) is 4.85. The molecule has 0 radical (unpaired) electrons. The third-order valence-electron chi connectivity index (χ3n) is 1.46. The molecule has 0 bridgehead atoms. The van der Waals surface area contributed by atoms with Crippen LogP contribution in [-0.2, 0) is 4.79 Å². The Labute approximate surface area is 71.0 Å². The quantitative estimate of drug-likeness (QED) is 0.386. The van der Waals surface area contributed by atoms with Gasteiger partial charge in [-0.2, -0.15) is 0 Å². The van der Waals surface area contributed by atoms with Gasteiger partial charge in [-0.1, -0.05) is 6.08 Å². The smallest absolute Gasteiger partial charge is 0.270 e. The van der Waals surface area contributed by atoms with Crippen LogP contribution in [-0.4, -0.2) is 24.2 Å². The molecule has 64 valence electrons. The lowest BCUT2D eigenvalue weighted by Gasteiger charge is -2.11. The van der Waals surface area contributed by atoms with Crippen molar-refractivity contribution >= 4 is 18.3 Å². The van der Waals surface area contributed by atoms with Crippen LogP contribution in [0.2, 0.25) is 0 Å². The number of halogens is 1. The van der Waals surface area contributed by atoms with E-state index in [-0.39, 0.29) is 18.3 Å². The van der Waals surface area contributed by atoms with Crippen LogP contribution in [0.3, 0.4) is 0 Å². The van der Waals surface area contributed by atoms with Crippen LogP contribution in [0.4, 0.5) is 0 Å². The van der Waals surface area contributed by atoms with Gasteiger partial charge in [0.1, 0.15) is 0 Å². The Balaban J connectivity index is 0.000001000. The highest BCUT2D eigenvalue weighted by atomic mass is 35.5. The highest BCUT2D eigenvalue weighted by Crippen LogP contribution is 2.02. The first-order valence-electron chi connectivity index (χ1n) is 3.19. The van der Waals surface area contributed by atoms with Crippen LogP contribution in [0.1, 0.15) is 6.42 Å². The summed E-state index contributed by atoms with van der Waals surface area (Å²) in [7, 11) is 0. The molecule has 0 aliphatic carbocycles. The van der Waals surface area contributed by atoms with E-state index in [0.29, 0.717) is 18.5 Å². The fourth-order valence-corrected chi connectivity index (χ4v) is 0.901. The summed E-state index contributed by atoms with van der Waals surface area (Å²) in [5, 5.41) is 11.3. The minimum atomic E-state index is -0.387. The number of carbonyl (C=O) groups is 1. The molecule has 0 fully saturated rings. The second kappa shape index (κ2) is 5.12. The van der Waals surface area contributed by atoms with Gasteiger partial charge in [-0.3, -0.25) is 10.0 Å². The standard InChI is InChI=1S/C6H10N2O2.ClH/c9-6(8-10)5-1-3-7-4-2-5;/h1,7,10H,2-4H2,(H,8,9);1H. The average molecular weight is 179 g/mol. The van der Waals surface area contributed by atoms with Gasteiger partial charge in [0.15, 0.2) is 0 Å². The number of hydroxylamine groups is 1. The molecule has 1 amide bonds. The molecule has 0 saturated carbocycles. The number of nitrogens with one attached hydrogen (secondary N) is 2. The van der Waals surface area contributed by atoms with E-state index < -0.39 is 0 Å². The average Bonchev–Trinajstić information content (AvgIpc) is 2.05. The molecule has 0 spiro atoms. The monoisotopic (exact) mass is 178 g/mol. The van der Waals surface area contributed by atoms with Gasteiger partial charge < -0.3 is 5.32 Å². The van der Waals surface area contributed by atoms with Crippen LogP contribution in [0.15, 0.2) is 11.6 Å². The lowest BCUT2D eigenvalue weighted by molar-refractivity contribution is -0.125. The summed E-state index contributed by atoms with van der Waals surface area (Å²) in [5.41, 5.74) is 2.25. The number of hydrogen-bond donors (Lipinski definition) is 3. The van der Waals surface area contributed by atoms with Gasteiger partial charge in [-0.25, -0.2) is 5.48 Å². The van der Waals surface area contributed by atoms with E-state index in [0.717, 1.165) is 6.54 Å². The summed E-state index contributed by atoms with van der Waals surface area (Å²) >= 11 is 0. The van der Waals surface area contributed by atoms with Gasteiger partial charge in [0.2, 0.25) is 0 Å². The second-order valence-corrected chi connectivity index (χ2v) is 2.12. The molecule has 11 heavy (non-hydrogen) atoms. The van der Waals surface area contributed by atoms with Crippen molar-refractivity contribution < 1.29 is 10.0 Å². The predicted molar refractivity (Wildman–Crippen MR) is 42.7 cm³/mol. The van der Waals surface area contributed by atoms with E-state index in [9.17, 15) is 4.79 Å². The zero-order chi connectivity index (χ0) is 7.40. The van der Waals surface area contributed by atoms with Crippen molar-refractivity contribution in [3.63, 3.8) is 0 Å². The van der Waals surface area contributed by atoms with Crippen LogP contribution in [0, 0.1) is 0 Å². The maximum atomic E-state index is 10.7. The van der Waals surface area contributed by atoms with Gasteiger partial charge in [0, 0.05) is 12.1 Å². The summed E-state index contributed by atoms with van der Waals surface area (Å²) in [6.07, 6.45) is 2.46. The minimum Gasteiger partial charge on any atom is -0.313 e. The van der Waals surface area contributed by atoms with E-state index in [1.54, 1.807) is 11.6 Å². The second-order valence-electron chi connectivity index (χ2n) is 2.12. The molecule has 5 heteroatoms. The molecule has 1 aliphatic rings. The van der Waals surface area contributed by atoms with E-state index in [2.05, 4.69) is 5.32 Å². The summed E-state index contributed by atoms with van der Waals surface area (Å²) in [4.78, 5) is 10.7. The highest BCUT2D eigenvalue weighted by molar-refractivity contribution is 5.92. The van der Waals surface area contributed by atoms with Crippen LogP contribution in [0.5, 0.6) is 0 Å². The van der Waals surface area contributed by atoms with Crippen molar-refractivity contribution in [1.29, 1.82) is 0 Å². The normalized spacial score (nSPS) is 16.3. The molecule has 0 saturated heterocycles. The Morgan fingerprint density at radius 3 is 2.91 bits per heavy atom. The number of rotatable bonds is 1. The SMILES string of the molecule is Cl.O=C(NO)C1=CCNCC1. The summed E-state index contributed by atoms with van der Waals surface area (Å²) in [6, 6.07) is 0. The molecule has 3 N–H and O–H groups in total. The molecule has 1 heterocycles. The topological polar surface area (TPSA) is 61.4 Å². The lowest BCUT2D eigenvalue weighted by atomic mass is 10.1. The van der Waals surface area contributed by atoms with Crippen molar-refractivity contribution in [3.8, 4) is 0 Å². The van der Waals surface area contributed by atoms with Gasteiger partial charge in [0.05, 0.1) is 0 Å². The largest absolute Gasteiger partial charge is 0.313 e. The number of hydrogen-bond acceptors (Lipinski definition) is 3. The molecule has 0 aromatic heterocycles. The third-order valence-corrected chi connectivity index (χ3v) is 1.46. The van der Waals surface area contributed by atoms with Gasteiger partial charge >= 0.3 is 0 Å². The first-order valence-corrected chi connectivity index (χ1v) is 3.19. The first kappa shape index (κ1) is 10.4. The maximum Gasteiger partial charge on any atom is 0.270 e. The minimum absolute atomic E-state index is 0. The Bertz CT molecular complexity index is 170.